The molecule has 51 heavy (non-hydrogen) atoms. The maximum atomic E-state index is 4.87. The largest absolute Gasteiger partial charge is 0.334 e. The molecule has 0 aliphatic rings. The number of H-pyrrole nitrogens is 1. The Labute approximate surface area is 298 Å². The van der Waals surface area contributed by atoms with E-state index in [4.69, 9.17) is 15.2 Å². The van der Waals surface area contributed by atoms with Crippen molar-refractivity contribution in [2.45, 2.75) is 51.6 Å². The van der Waals surface area contributed by atoms with E-state index in [1.807, 2.05) is 4.63 Å². The minimum Gasteiger partial charge on any atom is -0.266 e. The normalized spacial score (nSPS) is 11.7. The van der Waals surface area contributed by atoms with Crippen molar-refractivity contribution in [1.29, 1.82) is 0 Å². The van der Waals surface area contributed by atoms with Crippen LogP contribution in [-0.4, -0.2) is 34.9 Å². The van der Waals surface area contributed by atoms with Gasteiger partial charge in [-0.3, -0.25) is 4.68 Å². The van der Waals surface area contributed by atoms with E-state index < -0.39 is 5.54 Å². The summed E-state index contributed by atoms with van der Waals surface area (Å²) in [6, 6.07) is 49.0. The Morgan fingerprint density at radius 2 is 1.27 bits per heavy atom. The molecule has 0 fully saturated rings. The van der Waals surface area contributed by atoms with Crippen molar-refractivity contribution < 1.29 is 4.68 Å². The number of nitrogens with zero attached hydrogens (tertiary/aromatic N) is 7. The van der Waals surface area contributed by atoms with Crippen LogP contribution in [0.4, 0.5) is 0 Å². The molecule has 8 rings (SSSR count). The molecule has 0 unspecified atom stereocenters. The number of aromatic nitrogens is 8. The van der Waals surface area contributed by atoms with Crippen molar-refractivity contribution in [2.75, 3.05) is 0 Å². The van der Waals surface area contributed by atoms with Crippen LogP contribution in [0.5, 0.6) is 0 Å². The lowest BCUT2D eigenvalue weighted by molar-refractivity contribution is -0.779. The van der Waals surface area contributed by atoms with Gasteiger partial charge in [-0.25, -0.2) is 4.98 Å². The summed E-state index contributed by atoms with van der Waals surface area (Å²) >= 11 is 0. The van der Waals surface area contributed by atoms with Gasteiger partial charge in [-0.2, -0.15) is 4.63 Å². The van der Waals surface area contributed by atoms with E-state index in [1.54, 1.807) is 0 Å². The molecule has 0 saturated heterocycles. The summed E-state index contributed by atoms with van der Waals surface area (Å²) in [4.78, 5) is 4.87. The fraction of sp³-hybridized carbons (Fsp3) is 0.186. The van der Waals surface area contributed by atoms with Crippen LogP contribution in [0.1, 0.15) is 60.3 Å². The Morgan fingerprint density at radius 1 is 0.686 bits per heavy atom. The van der Waals surface area contributed by atoms with Gasteiger partial charge in [-0.1, -0.05) is 159 Å². The molecule has 0 amide bonds. The Morgan fingerprint density at radius 3 is 1.86 bits per heavy atom. The second-order valence-electron chi connectivity index (χ2n) is 13.0. The zero-order valence-corrected chi connectivity index (χ0v) is 29.0. The Kier molecular flexibility index (Phi) is 8.80. The zero-order valence-electron chi connectivity index (χ0n) is 29.0. The second kappa shape index (κ2) is 14.0. The van der Waals surface area contributed by atoms with Crippen LogP contribution in [0.25, 0.3) is 28.2 Å². The van der Waals surface area contributed by atoms with E-state index in [0.717, 1.165) is 76.4 Å². The number of benzene rings is 5. The number of hydrogen-bond acceptors (Lipinski definition) is 4. The van der Waals surface area contributed by atoms with Crippen LogP contribution < -0.4 is 4.68 Å². The molecule has 0 atom stereocenters. The number of aryl methyl sites for hydroxylation is 2. The molecular formula is C43H41N8+. The summed E-state index contributed by atoms with van der Waals surface area (Å²) in [6.45, 7) is 5.08. The number of fused-ring (bicyclic) bond motifs is 1. The first kappa shape index (κ1) is 32.1. The van der Waals surface area contributed by atoms with Crippen LogP contribution in [0.2, 0.25) is 0 Å². The third-order valence-electron chi connectivity index (χ3n) is 9.79. The molecule has 3 heterocycles. The number of aromatic amines is 1. The predicted octanol–water partition coefficient (Wildman–Crippen LogP) is 8.06. The van der Waals surface area contributed by atoms with E-state index in [0.29, 0.717) is 6.54 Å². The third-order valence-corrected chi connectivity index (χ3v) is 9.79. The molecule has 8 heteroatoms. The first-order chi connectivity index (χ1) is 25.2. The topological polar surface area (TPSA) is 80.6 Å². The highest BCUT2D eigenvalue weighted by molar-refractivity contribution is 5.79. The Balaban J connectivity index is 1.20. The fourth-order valence-corrected chi connectivity index (χ4v) is 7.27. The van der Waals surface area contributed by atoms with E-state index in [1.165, 1.54) is 11.1 Å². The highest BCUT2D eigenvalue weighted by Crippen LogP contribution is 2.38. The first-order valence-corrected chi connectivity index (χ1v) is 17.8. The molecule has 0 saturated carbocycles. The number of nitrogens with one attached hydrogen (secondary N) is 1. The molecule has 1 N–H and O–H groups in total. The van der Waals surface area contributed by atoms with Crippen LogP contribution in [0, 0.1) is 0 Å². The summed E-state index contributed by atoms with van der Waals surface area (Å²) in [5.74, 6) is 1.65. The van der Waals surface area contributed by atoms with Gasteiger partial charge in [-0.05, 0) is 35.6 Å². The van der Waals surface area contributed by atoms with Crippen molar-refractivity contribution in [3.05, 3.63) is 179 Å². The standard InChI is InChI=1S/C43H40N8/c1-3-5-25-40-44-41-33(4-2)31-49(51(41)46-40)30-32-26-28-34(29-27-32)38-23-15-16-24-39(38)42-45-47-48-50(42)43(35-17-9-6-10-18-35,36-19-11-7-12-20-36)37-21-13-8-14-22-37/h6-24,26-29,31H,3-5,25,30H2,1-2H3/p+1. The van der Waals surface area contributed by atoms with Crippen LogP contribution in [0.3, 0.4) is 0 Å². The molecular weight excluding hydrogens is 629 g/mol. The molecule has 0 bridgehead atoms. The van der Waals surface area contributed by atoms with Gasteiger partial charge in [0, 0.05) is 34.9 Å². The van der Waals surface area contributed by atoms with Gasteiger partial charge in [0.05, 0.1) is 12.1 Å². The molecule has 8 aromatic rings. The van der Waals surface area contributed by atoms with Crippen LogP contribution >= 0.6 is 0 Å². The summed E-state index contributed by atoms with van der Waals surface area (Å²) in [6.07, 6.45) is 6.23. The van der Waals surface area contributed by atoms with E-state index in [-0.39, 0.29) is 0 Å². The van der Waals surface area contributed by atoms with Crippen LogP contribution in [0.15, 0.2) is 146 Å². The van der Waals surface area contributed by atoms with Crippen molar-refractivity contribution >= 4 is 5.65 Å². The van der Waals surface area contributed by atoms with Gasteiger partial charge in [0.1, 0.15) is 5.10 Å². The van der Waals surface area contributed by atoms with E-state index in [9.17, 15) is 0 Å². The number of hydrogen-bond donors (Lipinski definition) is 1. The Bertz CT molecular complexity index is 2260. The van der Waals surface area contributed by atoms with Gasteiger partial charge in [0.15, 0.2) is 22.2 Å². The van der Waals surface area contributed by atoms with Gasteiger partial charge >= 0.3 is 5.82 Å². The van der Waals surface area contributed by atoms with Crippen LogP contribution in [-0.2, 0) is 24.9 Å². The highest BCUT2D eigenvalue weighted by atomic mass is 15.6. The van der Waals surface area contributed by atoms with E-state index >= 15 is 0 Å². The lowest BCUT2D eigenvalue weighted by Crippen LogP contribution is -2.61. The minimum absolute atomic E-state index is 0.700. The van der Waals surface area contributed by atoms with Crippen molar-refractivity contribution in [3.8, 4) is 22.5 Å². The SMILES string of the molecule is CCCCc1nc2c(CC)cn(Cc3ccc(-c4ccccc4-c4nn[nH][n+]4C(c4ccccc4)(c4ccccc4)c4ccccc4)cc3)n2n1. The second-order valence-corrected chi connectivity index (χ2v) is 13.0. The molecule has 0 aliphatic carbocycles. The summed E-state index contributed by atoms with van der Waals surface area (Å²) in [7, 11) is 0. The number of tetrazole rings is 1. The molecule has 3 aromatic heterocycles. The zero-order chi connectivity index (χ0) is 34.6. The molecule has 5 aromatic carbocycles. The predicted molar refractivity (Wildman–Crippen MR) is 200 cm³/mol. The molecule has 0 radical (unpaired) electrons. The maximum Gasteiger partial charge on any atom is 0.334 e. The van der Waals surface area contributed by atoms with Crippen molar-refractivity contribution in [3.63, 3.8) is 0 Å². The first-order valence-electron chi connectivity index (χ1n) is 17.8. The smallest absolute Gasteiger partial charge is 0.266 e. The lowest BCUT2D eigenvalue weighted by atomic mass is 9.77. The minimum atomic E-state index is -0.781. The van der Waals surface area contributed by atoms with Gasteiger partial charge in [-0.15, -0.1) is 9.78 Å². The maximum absolute atomic E-state index is 4.87. The number of unbranched alkanes of at least 4 members (excludes halogenated alkanes) is 1. The average molecular weight is 670 g/mol. The molecule has 8 nitrogen and oxygen atoms in total. The lowest BCUT2D eigenvalue weighted by Gasteiger charge is -2.33. The van der Waals surface area contributed by atoms with Crippen molar-refractivity contribution in [2.24, 2.45) is 0 Å². The van der Waals surface area contributed by atoms with Crippen molar-refractivity contribution in [1.82, 2.24) is 34.9 Å². The van der Waals surface area contributed by atoms with Gasteiger partial charge in [0.25, 0.3) is 0 Å². The summed E-state index contributed by atoms with van der Waals surface area (Å²) in [5.41, 5.74) is 9.03. The van der Waals surface area contributed by atoms with E-state index in [2.05, 4.69) is 179 Å². The third kappa shape index (κ3) is 5.82. The highest BCUT2D eigenvalue weighted by Gasteiger charge is 2.46. The Hall–Kier alpha value is -6.15. The molecule has 252 valence electrons. The fourth-order valence-electron chi connectivity index (χ4n) is 7.27. The summed E-state index contributed by atoms with van der Waals surface area (Å²) in [5, 5.41) is 17.4. The monoisotopic (exact) mass is 669 g/mol. The summed E-state index contributed by atoms with van der Waals surface area (Å²) < 4.78 is 6.28. The quantitative estimate of drug-likeness (QED) is 0.105. The molecule has 0 spiro atoms. The van der Waals surface area contributed by atoms with Gasteiger partial charge < -0.3 is 0 Å². The van der Waals surface area contributed by atoms with Gasteiger partial charge in [0.2, 0.25) is 0 Å². The molecule has 0 aliphatic heterocycles. The average Bonchev–Trinajstić information content (AvgIpc) is 3.93. The number of rotatable bonds is 12.